The average Bonchev–Trinajstić information content (AvgIpc) is 2.35. The molecule has 102 valence electrons. The highest BCUT2D eigenvalue weighted by atomic mass is 16.5. The summed E-state index contributed by atoms with van der Waals surface area (Å²) in [7, 11) is 0. The predicted octanol–water partition coefficient (Wildman–Crippen LogP) is 2.33. The van der Waals surface area contributed by atoms with Gasteiger partial charge in [-0.2, -0.15) is 0 Å². The van der Waals surface area contributed by atoms with Gasteiger partial charge >= 0.3 is 0 Å². The minimum Gasteiger partial charge on any atom is -0.389 e. The summed E-state index contributed by atoms with van der Waals surface area (Å²) in [5.74, 6) is 0.841. The van der Waals surface area contributed by atoms with Crippen LogP contribution in [0.4, 0.5) is 0 Å². The Morgan fingerprint density at radius 3 is 2.59 bits per heavy atom. The first-order valence-corrected chi connectivity index (χ1v) is 7.21. The highest BCUT2D eigenvalue weighted by molar-refractivity contribution is 4.86. The molecule has 3 nitrogen and oxygen atoms in total. The van der Waals surface area contributed by atoms with Crippen molar-refractivity contribution in [3.05, 3.63) is 0 Å². The molecule has 0 saturated heterocycles. The Morgan fingerprint density at radius 2 is 2.00 bits per heavy atom. The second-order valence-electron chi connectivity index (χ2n) is 5.30. The van der Waals surface area contributed by atoms with Gasteiger partial charge in [0.2, 0.25) is 0 Å². The first-order chi connectivity index (χ1) is 8.20. The van der Waals surface area contributed by atoms with E-state index in [0.717, 1.165) is 51.5 Å². The van der Waals surface area contributed by atoms with E-state index in [1.165, 1.54) is 19.3 Å². The molecule has 1 fully saturated rings. The summed E-state index contributed by atoms with van der Waals surface area (Å²) in [6.45, 7) is 7.57. The van der Waals surface area contributed by atoms with Crippen molar-refractivity contribution in [2.24, 2.45) is 5.92 Å². The second-order valence-corrected chi connectivity index (χ2v) is 5.30. The van der Waals surface area contributed by atoms with Crippen LogP contribution in [0.25, 0.3) is 0 Å². The largest absolute Gasteiger partial charge is 0.389 e. The van der Waals surface area contributed by atoms with Crippen molar-refractivity contribution in [3.63, 3.8) is 0 Å². The van der Waals surface area contributed by atoms with Crippen LogP contribution in [0.15, 0.2) is 0 Å². The molecular formula is C14H29NO2. The minimum absolute atomic E-state index is 0.447. The Balaban J connectivity index is 2.06. The number of aliphatic hydroxyl groups is 1. The summed E-state index contributed by atoms with van der Waals surface area (Å²) in [6.07, 6.45) is 6.59. The number of rotatable bonds is 8. The molecule has 0 radical (unpaired) electrons. The second kappa shape index (κ2) is 8.06. The summed E-state index contributed by atoms with van der Waals surface area (Å²) < 4.78 is 5.28. The van der Waals surface area contributed by atoms with Crippen LogP contribution in [0.3, 0.4) is 0 Å². The van der Waals surface area contributed by atoms with Gasteiger partial charge in [-0.15, -0.1) is 0 Å². The Hall–Kier alpha value is -0.120. The third-order valence-corrected chi connectivity index (χ3v) is 3.91. The van der Waals surface area contributed by atoms with Crippen molar-refractivity contribution in [3.8, 4) is 0 Å². The number of nitrogens with one attached hydrogen (secondary N) is 1. The molecule has 2 N–H and O–H groups in total. The van der Waals surface area contributed by atoms with Crippen LogP contribution >= 0.6 is 0 Å². The summed E-state index contributed by atoms with van der Waals surface area (Å²) in [5.41, 5.74) is -0.447. The van der Waals surface area contributed by atoms with Gasteiger partial charge in [0.05, 0.1) is 5.60 Å². The normalized spacial score (nSPS) is 29.5. The predicted molar refractivity (Wildman–Crippen MR) is 71.2 cm³/mol. The van der Waals surface area contributed by atoms with Crippen LogP contribution in [-0.4, -0.2) is 37.0 Å². The fraction of sp³-hybridized carbons (Fsp3) is 1.00. The lowest BCUT2D eigenvalue weighted by Gasteiger charge is -2.36. The number of hydrogen-bond acceptors (Lipinski definition) is 3. The molecule has 1 rings (SSSR count). The van der Waals surface area contributed by atoms with Gasteiger partial charge < -0.3 is 15.2 Å². The third-order valence-electron chi connectivity index (χ3n) is 3.91. The molecule has 0 unspecified atom stereocenters. The third kappa shape index (κ3) is 5.84. The smallest absolute Gasteiger partial charge is 0.0771 e. The molecule has 3 heteroatoms. The molecule has 1 aliphatic carbocycles. The van der Waals surface area contributed by atoms with Gasteiger partial charge in [0, 0.05) is 19.8 Å². The molecule has 0 atom stereocenters. The molecule has 0 spiro atoms. The molecule has 0 aromatic rings. The van der Waals surface area contributed by atoms with Crippen LogP contribution in [0, 0.1) is 5.92 Å². The van der Waals surface area contributed by atoms with Crippen molar-refractivity contribution >= 4 is 0 Å². The molecular weight excluding hydrogens is 214 g/mol. The van der Waals surface area contributed by atoms with E-state index < -0.39 is 5.60 Å². The van der Waals surface area contributed by atoms with Gasteiger partial charge in [-0.1, -0.05) is 13.3 Å². The van der Waals surface area contributed by atoms with Crippen LogP contribution in [-0.2, 0) is 4.74 Å². The van der Waals surface area contributed by atoms with E-state index in [1.807, 2.05) is 6.92 Å². The SMILES string of the molecule is CCOCCCNCC1(O)CCC(CC)CC1. The van der Waals surface area contributed by atoms with Gasteiger partial charge in [-0.3, -0.25) is 0 Å². The fourth-order valence-corrected chi connectivity index (χ4v) is 2.56. The zero-order chi connectivity index (χ0) is 12.6. The van der Waals surface area contributed by atoms with Gasteiger partial charge in [0.25, 0.3) is 0 Å². The average molecular weight is 243 g/mol. The highest BCUT2D eigenvalue weighted by Gasteiger charge is 2.31. The van der Waals surface area contributed by atoms with E-state index in [9.17, 15) is 5.11 Å². The Labute approximate surface area is 106 Å². The van der Waals surface area contributed by atoms with E-state index in [4.69, 9.17) is 4.74 Å². The van der Waals surface area contributed by atoms with Gasteiger partial charge in [0.1, 0.15) is 0 Å². The summed E-state index contributed by atoms with van der Waals surface area (Å²) in [4.78, 5) is 0. The van der Waals surface area contributed by atoms with Gasteiger partial charge in [-0.05, 0) is 51.5 Å². The van der Waals surface area contributed by atoms with E-state index in [1.54, 1.807) is 0 Å². The molecule has 0 aliphatic heterocycles. The number of ether oxygens (including phenoxy) is 1. The Kier molecular flexibility index (Phi) is 7.09. The van der Waals surface area contributed by atoms with Crippen molar-refractivity contribution in [1.29, 1.82) is 0 Å². The lowest BCUT2D eigenvalue weighted by atomic mass is 9.78. The molecule has 0 heterocycles. The summed E-state index contributed by atoms with van der Waals surface area (Å²) in [6, 6.07) is 0. The molecule has 1 aliphatic rings. The maximum absolute atomic E-state index is 10.4. The van der Waals surface area contributed by atoms with Crippen LogP contribution in [0.2, 0.25) is 0 Å². The minimum atomic E-state index is -0.447. The zero-order valence-corrected chi connectivity index (χ0v) is 11.5. The Morgan fingerprint density at radius 1 is 1.29 bits per heavy atom. The van der Waals surface area contributed by atoms with E-state index in [-0.39, 0.29) is 0 Å². The van der Waals surface area contributed by atoms with Crippen molar-refractivity contribution in [1.82, 2.24) is 5.32 Å². The highest BCUT2D eigenvalue weighted by Crippen LogP contribution is 2.33. The van der Waals surface area contributed by atoms with Crippen molar-refractivity contribution < 1.29 is 9.84 Å². The van der Waals surface area contributed by atoms with Crippen LogP contribution in [0.1, 0.15) is 52.4 Å². The van der Waals surface area contributed by atoms with Crippen molar-refractivity contribution in [2.75, 3.05) is 26.3 Å². The summed E-state index contributed by atoms with van der Waals surface area (Å²) in [5, 5.41) is 13.8. The quantitative estimate of drug-likeness (QED) is 0.643. The van der Waals surface area contributed by atoms with Gasteiger partial charge in [0.15, 0.2) is 0 Å². The van der Waals surface area contributed by atoms with E-state index in [0.29, 0.717) is 0 Å². The van der Waals surface area contributed by atoms with Crippen LogP contribution in [0.5, 0.6) is 0 Å². The first kappa shape index (κ1) is 14.9. The maximum Gasteiger partial charge on any atom is 0.0771 e. The van der Waals surface area contributed by atoms with E-state index in [2.05, 4.69) is 12.2 Å². The topological polar surface area (TPSA) is 41.5 Å². The lowest BCUT2D eigenvalue weighted by Crippen LogP contribution is -2.43. The monoisotopic (exact) mass is 243 g/mol. The maximum atomic E-state index is 10.4. The fourth-order valence-electron chi connectivity index (χ4n) is 2.56. The molecule has 17 heavy (non-hydrogen) atoms. The number of hydrogen-bond donors (Lipinski definition) is 2. The molecule has 0 amide bonds. The van der Waals surface area contributed by atoms with E-state index >= 15 is 0 Å². The summed E-state index contributed by atoms with van der Waals surface area (Å²) >= 11 is 0. The molecule has 0 aromatic carbocycles. The molecule has 0 bridgehead atoms. The van der Waals surface area contributed by atoms with Gasteiger partial charge in [-0.25, -0.2) is 0 Å². The molecule has 0 aromatic heterocycles. The Bertz CT molecular complexity index is 189. The molecule has 1 saturated carbocycles. The lowest BCUT2D eigenvalue weighted by molar-refractivity contribution is -0.00880. The zero-order valence-electron chi connectivity index (χ0n) is 11.5. The standard InChI is InChI=1S/C14H29NO2/c1-3-13-6-8-14(16,9-7-13)12-15-10-5-11-17-4-2/h13,15-16H,3-12H2,1-2H3. The van der Waals surface area contributed by atoms with Crippen molar-refractivity contribution in [2.45, 2.75) is 58.0 Å². The van der Waals surface area contributed by atoms with Crippen LogP contribution < -0.4 is 5.32 Å². The first-order valence-electron chi connectivity index (χ1n) is 7.21.